The zero-order valence-electron chi connectivity index (χ0n) is 12.7. The largest absolute Gasteiger partial charge is 0.335 e. The predicted octanol–water partition coefficient (Wildman–Crippen LogP) is 0.845. The van der Waals surface area contributed by atoms with E-state index in [1.165, 1.54) is 37.0 Å². The van der Waals surface area contributed by atoms with Gasteiger partial charge in [-0.15, -0.1) is 0 Å². The molecule has 20 heavy (non-hydrogen) atoms. The summed E-state index contributed by atoms with van der Waals surface area (Å²) < 4.78 is 0. The van der Waals surface area contributed by atoms with Crippen molar-refractivity contribution in [1.82, 2.24) is 15.1 Å². The summed E-state index contributed by atoms with van der Waals surface area (Å²) in [5.41, 5.74) is 0. The second-order valence-electron chi connectivity index (χ2n) is 6.09. The molecule has 1 saturated heterocycles. The van der Waals surface area contributed by atoms with Gasteiger partial charge in [0.15, 0.2) is 0 Å². The van der Waals surface area contributed by atoms with Crippen molar-refractivity contribution in [2.24, 2.45) is 5.92 Å². The number of hydrogen-bond acceptors (Lipinski definition) is 3. The third-order valence-electron chi connectivity index (χ3n) is 4.58. The van der Waals surface area contributed by atoms with Crippen molar-refractivity contribution >= 4 is 11.8 Å². The first-order valence-corrected chi connectivity index (χ1v) is 7.87. The molecule has 0 aromatic rings. The molecule has 1 aliphatic carbocycles. The number of carbonyl (C=O) groups is 2. The fourth-order valence-corrected chi connectivity index (χ4v) is 3.35. The Morgan fingerprint density at radius 1 is 1.15 bits per heavy atom. The van der Waals surface area contributed by atoms with E-state index in [9.17, 15) is 9.59 Å². The normalized spacial score (nSPS) is 23.3. The van der Waals surface area contributed by atoms with Gasteiger partial charge >= 0.3 is 0 Å². The van der Waals surface area contributed by atoms with Crippen LogP contribution in [-0.2, 0) is 9.59 Å². The molecule has 114 valence electrons. The van der Waals surface area contributed by atoms with Crippen molar-refractivity contribution in [1.29, 1.82) is 0 Å². The third-order valence-corrected chi connectivity index (χ3v) is 4.58. The number of amides is 2. The quantitative estimate of drug-likeness (QED) is 0.812. The SMILES string of the molecule is CCNC(CN1CC(=O)N(C)CC1=O)C1CCCCC1. The van der Waals surface area contributed by atoms with Gasteiger partial charge < -0.3 is 15.1 Å². The van der Waals surface area contributed by atoms with Crippen LogP contribution >= 0.6 is 0 Å². The van der Waals surface area contributed by atoms with Crippen molar-refractivity contribution in [3.8, 4) is 0 Å². The van der Waals surface area contributed by atoms with Gasteiger partial charge in [-0.3, -0.25) is 9.59 Å². The first-order chi connectivity index (χ1) is 9.61. The zero-order chi connectivity index (χ0) is 14.5. The van der Waals surface area contributed by atoms with E-state index in [0.29, 0.717) is 18.5 Å². The number of nitrogens with one attached hydrogen (secondary N) is 1. The second-order valence-corrected chi connectivity index (χ2v) is 6.09. The average Bonchev–Trinajstić information content (AvgIpc) is 2.45. The molecule has 1 saturated carbocycles. The van der Waals surface area contributed by atoms with Crippen LogP contribution < -0.4 is 5.32 Å². The van der Waals surface area contributed by atoms with Crippen LogP contribution in [0, 0.1) is 5.92 Å². The zero-order valence-corrected chi connectivity index (χ0v) is 12.7. The highest BCUT2D eigenvalue weighted by molar-refractivity contribution is 5.92. The van der Waals surface area contributed by atoms with Crippen LogP contribution in [-0.4, -0.2) is 60.9 Å². The van der Waals surface area contributed by atoms with Crippen molar-refractivity contribution in [2.45, 2.75) is 45.1 Å². The van der Waals surface area contributed by atoms with Gasteiger partial charge in [0.25, 0.3) is 0 Å². The lowest BCUT2D eigenvalue weighted by molar-refractivity contribution is -0.149. The number of carbonyl (C=O) groups excluding carboxylic acids is 2. The molecular formula is C15H27N3O2. The minimum absolute atomic E-state index is 0.0449. The summed E-state index contributed by atoms with van der Waals surface area (Å²) in [6.45, 7) is 4.16. The van der Waals surface area contributed by atoms with E-state index in [1.807, 2.05) is 0 Å². The summed E-state index contributed by atoms with van der Waals surface area (Å²) >= 11 is 0. The number of rotatable bonds is 5. The van der Waals surface area contributed by atoms with Crippen LogP contribution in [0.25, 0.3) is 0 Å². The van der Waals surface area contributed by atoms with E-state index in [0.717, 1.165) is 6.54 Å². The summed E-state index contributed by atoms with van der Waals surface area (Å²) in [5, 5.41) is 3.53. The Morgan fingerprint density at radius 3 is 2.50 bits per heavy atom. The predicted molar refractivity (Wildman–Crippen MR) is 78.3 cm³/mol. The van der Waals surface area contributed by atoms with Crippen LogP contribution in [0.1, 0.15) is 39.0 Å². The lowest BCUT2D eigenvalue weighted by Gasteiger charge is -2.37. The molecule has 1 atom stereocenters. The molecule has 1 unspecified atom stereocenters. The van der Waals surface area contributed by atoms with Gasteiger partial charge in [0, 0.05) is 19.6 Å². The summed E-state index contributed by atoms with van der Waals surface area (Å²) in [4.78, 5) is 27.1. The Labute approximate surface area is 121 Å². The van der Waals surface area contributed by atoms with Gasteiger partial charge in [-0.25, -0.2) is 0 Å². The van der Waals surface area contributed by atoms with Crippen molar-refractivity contribution < 1.29 is 9.59 Å². The molecular weight excluding hydrogens is 254 g/mol. The molecule has 0 bridgehead atoms. The summed E-state index contributed by atoms with van der Waals surface area (Å²) in [6, 6.07) is 0.334. The molecule has 0 aromatic heterocycles. The third kappa shape index (κ3) is 3.72. The van der Waals surface area contributed by atoms with Crippen molar-refractivity contribution in [3.05, 3.63) is 0 Å². The van der Waals surface area contributed by atoms with E-state index >= 15 is 0 Å². The molecule has 1 N–H and O–H groups in total. The average molecular weight is 281 g/mol. The number of nitrogens with zero attached hydrogens (tertiary/aromatic N) is 2. The highest BCUT2D eigenvalue weighted by Gasteiger charge is 2.31. The first-order valence-electron chi connectivity index (χ1n) is 7.87. The molecule has 1 aliphatic heterocycles. The Balaban J connectivity index is 1.96. The number of hydrogen-bond donors (Lipinski definition) is 1. The fourth-order valence-electron chi connectivity index (χ4n) is 3.35. The Kier molecular flexibility index (Phi) is 5.40. The minimum atomic E-state index is 0.0449. The lowest BCUT2D eigenvalue weighted by atomic mass is 9.83. The summed E-state index contributed by atoms with van der Waals surface area (Å²) in [5.74, 6) is 0.764. The van der Waals surface area contributed by atoms with Crippen LogP contribution in [0.2, 0.25) is 0 Å². The summed E-state index contributed by atoms with van der Waals surface area (Å²) in [6.07, 6.45) is 6.41. The van der Waals surface area contributed by atoms with Gasteiger partial charge in [-0.1, -0.05) is 26.2 Å². The maximum Gasteiger partial charge on any atom is 0.242 e. The van der Waals surface area contributed by atoms with Crippen LogP contribution in [0.15, 0.2) is 0 Å². The van der Waals surface area contributed by atoms with Gasteiger partial charge in [0.05, 0.1) is 13.1 Å². The Bertz CT molecular complexity index is 353. The van der Waals surface area contributed by atoms with Crippen LogP contribution in [0.5, 0.6) is 0 Å². The Morgan fingerprint density at radius 2 is 1.85 bits per heavy atom. The maximum absolute atomic E-state index is 12.1. The van der Waals surface area contributed by atoms with E-state index < -0.39 is 0 Å². The monoisotopic (exact) mass is 281 g/mol. The highest BCUT2D eigenvalue weighted by atomic mass is 16.2. The van der Waals surface area contributed by atoms with E-state index in [1.54, 1.807) is 11.9 Å². The van der Waals surface area contributed by atoms with Crippen molar-refractivity contribution in [3.63, 3.8) is 0 Å². The van der Waals surface area contributed by atoms with Gasteiger partial charge in [-0.2, -0.15) is 0 Å². The standard InChI is InChI=1S/C15H27N3O2/c1-3-16-13(12-7-5-4-6-8-12)9-18-11-14(19)17(2)10-15(18)20/h12-13,16H,3-11H2,1-2H3. The van der Waals surface area contributed by atoms with Crippen LogP contribution in [0.3, 0.4) is 0 Å². The fraction of sp³-hybridized carbons (Fsp3) is 0.867. The maximum atomic E-state index is 12.1. The molecule has 5 heteroatoms. The molecule has 1 heterocycles. The minimum Gasteiger partial charge on any atom is -0.335 e. The van der Waals surface area contributed by atoms with Crippen LogP contribution in [0.4, 0.5) is 0 Å². The first kappa shape index (κ1) is 15.3. The second kappa shape index (κ2) is 7.07. The van der Waals surface area contributed by atoms with Gasteiger partial charge in [-0.05, 0) is 25.3 Å². The molecule has 2 aliphatic rings. The number of likely N-dealkylation sites (N-methyl/N-ethyl adjacent to an activating group) is 2. The molecule has 2 fully saturated rings. The molecule has 0 radical (unpaired) electrons. The molecule has 2 amide bonds. The lowest BCUT2D eigenvalue weighted by Crippen LogP contribution is -2.56. The van der Waals surface area contributed by atoms with Gasteiger partial charge in [0.2, 0.25) is 11.8 Å². The van der Waals surface area contributed by atoms with Crippen molar-refractivity contribution in [2.75, 3.05) is 33.2 Å². The smallest absolute Gasteiger partial charge is 0.242 e. The summed E-state index contributed by atoms with van der Waals surface area (Å²) in [7, 11) is 1.69. The molecule has 0 aromatic carbocycles. The number of piperazine rings is 1. The van der Waals surface area contributed by atoms with Gasteiger partial charge in [0.1, 0.15) is 0 Å². The Hall–Kier alpha value is -1.10. The topological polar surface area (TPSA) is 52.7 Å². The molecule has 2 rings (SSSR count). The molecule has 0 spiro atoms. The van der Waals surface area contributed by atoms with E-state index in [2.05, 4.69) is 12.2 Å². The van der Waals surface area contributed by atoms with E-state index in [-0.39, 0.29) is 24.9 Å². The highest BCUT2D eigenvalue weighted by Crippen LogP contribution is 2.27. The van der Waals surface area contributed by atoms with E-state index in [4.69, 9.17) is 0 Å². The molecule has 5 nitrogen and oxygen atoms in total.